The number of thioether (sulfide) groups is 1. The Bertz CT molecular complexity index is 1150. The van der Waals surface area contributed by atoms with Crippen LogP contribution < -0.4 is 14.8 Å². The molecule has 0 aliphatic carbocycles. The second kappa shape index (κ2) is 12.4. The quantitative estimate of drug-likeness (QED) is 0.281. The number of carbonyl (C=O) groups excluding carboxylic acids is 3. The van der Waals surface area contributed by atoms with Crippen LogP contribution in [0, 0.1) is 0 Å². The number of carbonyl (C=O) groups is 3. The van der Waals surface area contributed by atoms with Crippen molar-refractivity contribution in [3.8, 4) is 11.5 Å². The number of rotatable bonds is 10. The van der Waals surface area contributed by atoms with E-state index in [1.165, 1.54) is 16.7 Å². The SMILES string of the molecule is CCOC(=O)c1ccc(NC(=O)CCCN2C(=O)C(=Cc3ccc(OC)c(OC)c3)SC2=S)cc1. The highest BCUT2D eigenvalue weighted by Crippen LogP contribution is 2.34. The van der Waals surface area contributed by atoms with Gasteiger partial charge in [0.05, 0.1) is 31.3 Å². The van der Waals surface area contributed by atoms with Gasteiger partial charge in [-0.1, -0.05) is 30.0 Å². The van der Waals surface area contributed by atoms with Gasteiger partial charge in [-0.05, 0) is 61.4 Å². The van der Waals surface area contributed by atoms with E-state index >= 15 is 0 Å². The van der Waals surface area contributed by atoms with Crippen LogP contribution in [0.2, 0.25) is 0 Å². The summed E-state index contributed by atoms with van der Waals surface area (Å²) in [5, 5.41) is 2.78. The third-order valence-corrected chi connectivity index (χ3v) is 6.42. The molecule has 0 atom stereocenters. The molecule has 0 aromatic heterocycles. The lowest BCUT2D eigenvalue weighted by Gasteiger charge is -2.14. The highest BCUT2D eigenvalue weighted by molar-refractivity contribution is 8.26. The zero-order valence-corrected chi connectivity index (χ0v) is 21.3. The van der Waals surface area contributed by atoms with Gasteiger partial charge in [0, 0.05) is 18.7 Å². The molecule has 8 nitrogen and oxygen atoms in total. The largest absolute Gasteiger partial charge is 0.493 e. The standard InChI is InChI=1S/C25H26N2O6S2/c1-4-33-24(30)17-8-10-18(11-9-17)26-22(28)6-5-13-27-23(29)21(35-25(27)34)15-16-7-12-19(31-2)20(14-16)32-3/h7-12,14-15H,4-6,13H2,1-3H3,(H,26,28). The normalized spacial score (nSPS) is 14.3. The number of methoxy groups -OCH3 is 2. The molecule has 10 heteroatoms. The van der Waals surface area contributed by atoms with Gasteiger partial charge in [0.1, 0.15) is 4.32 Å². The van der Waals surface area contributed by atoms with Crippen molar-refractivity contribution in [3.05, 3.63) is 58.5 Å². The van der Waals surface area contributed by atoms with Gasteiger partial charge >= 0.3 is 5.97 Å². The summed E-state index contributed by atoms with van der Waals surface area (Å²) in [6.45, 7) is 2.37. The van der Waals surface area contributed by atoms with Crippen LogP contribution in [0.15, 0.2) is 47.4 Å². The van der Waals surface area contributed by atoms with Gasteiger partial charge in [-0.25, -0.2) is 4.79 Å². The topological polar surface area (TPSA) is 94.2 Å². The summed E-state index contributed by atoms with van der Waals surface area (Å²) < 4.78 is 16.0. The number of esters is 1. The molecule has 2 aromatic carbocycles. The maximum absolute atomic E-state index is 12.9. The zero-order chi connectivity index (χ0) is 25.4. The van der Waals surface area contributed by atoms with E-state index in [0.717, 1.165) is 5.56 Å². The van der Waals surface area contributed by atoms with Gasteiger partial charge in [0.15, 0.2) is 11.5 Å². The Balaban J connectivity index is 1.52. The number of anilines is 1. The second-order valence-corrected chi connectivity index (χ2v) is 9.07. The van der Waals surface area contributed by atoms with E-state index in [1.807, 2.05) is 6.07 Å². The monoisotopic (exact) mass is 514 g/mol. The first-order valence-electron chi connectivity index (χ1n) is 10.9. The van der Waals surface area contributed by atoms with E-state index in [2.05, 4.69) is 5.32 Å². The molecule has 3 rings (SSSR count). The van der Waals surface area contributed by atoms with Gasteiger partial charge in [-0.3, -0.25) is 14.5 Å². The fourth-order valence-electron chi connectivity index (χ4n) is 3.31. The van der Waals surface area contributed by atoms with Crippen molar-refractivity contribution >= 4 is 57.8 Å². The highest BCUT2D eigenvalue weighted by Gasteiger charge is 2.31. The Hall–Kier alpha value is -3.37. The van der Waals surface area contributed by atoms with Crippen LogP contribution in [0.4, 0.5) is 5.69 Å². The number of hydrogen-bond acceptors (Lipinski definition) is 8. The third-order valence-electron chi connectivity index (χ3n) is 5.04. The molecular weight excluding hydrogens is 488 g/mol. The summed E-state index contributed by atoms with van der Waals surface area (Å²) >= 11 is 6.61. The van der Waals surface area contributed by atoms with E-state index in [-0.39, 0.29) is 18.2 Å². The molecule has 1 saturated heterocycles. The van der Waals surface area contributed by atoms with E-state index < -0.39 is 5.97 Å². The lowest BCUT2D eigenvalue weighted by molar-refractivity contribution is -0.122. The molecule has 184 valence electrons. The number of benzene rings is 2. The summed E-state index contributed by atoms with van der Waals surface area (Å²) in [5.41, 5.74) is 1.78. The molecule has 0 spiro atoms. The number of ether oxygens (including phenoxy) is 3. The number of hydrogen-bond donors (Lipinski definition) is 1. The van der Waals surface area contributed by atoms with Gasteiger partial charge in [0.25, 0.3) is 5.91 Å². The molecule has 1 aliphatic rings. The first-order chi connectivity index (χ1) is 16.9. The minimum atomic E-state index is -0.408. The summed E-state index contributed by atoms with van der Waals surface area (Å²) in [4.78, 5) is 38.9. The predicted octanol–water partition coefficient (Wildman–Crippen LogP) is 4.50. The van der Waals surface area contributed by atoms with E-state index in [0.29, 0.717) is 51.5 Å². The summed E-state index contributed by atoms with van der Waals surface area (Å²) in [5.74, 6) is 0.377. The van der Waals surface area contributed by atoms with Crippen LogP contribution in [0.1, 0.15) is 35.7 Å². The number of nitrogens with zero attached hydrogens (tertiary/aromatic N) is 1. The van der Waals surface area contributed by atoms with Crippen molar-refractivity contribution in [2.75, 3.05) is 32.7 Å². The van der Waals surface area contributed by atoms with Crippen molar-refractivity contribution in [3.63, 3.8) is 0 Å². The van der Waals surface area contributed by atoms with Crippen molar-refractivity contribution < 1.29 is 28.6 Å². The molecule has 1 N–H and O–H groups in total. The minimum absolute atomic E-state index is 0.190. The molecule has 0 bridgehead atoms. The molecule has 2 amide bonds. The number of amides is 2. The molecule has 0 radical (unpaired) electrons. The Morgan fingerprint density at radius 3 is 2.46 bits per heavy atom. The number of nitrogens with one attached hydrogen (secondary N) is 1. The molecule has 1 aliphatic heterocycles. The lowest BCUT2D eigenvalue weighted by Crippen LogP contribution is -2.29. The Morgan fingerprint density at radius 2 is 1.80 bits per heavy atom. The van der Waals surface area contributed by atoms with Crippen LogP contribution >= 0.6 is 24.0 Å². The van der Waals surface area contributed by atoms with Crippen LogP contribution in [-0.2, 0) is 14.3 Å². The zero-order valence-electron chi connectivity index (χ0n) is 19.7. The van der Waals surface area contributed by atoms with Crippen molar-refractivity contribution in [1.82, 2.24) is 4.90 Å². The molecule has 1 fully saturated rings. The van der Waals surface area contributed by atoms with E-state index in [9.17, 15) is 14.4 Å². The third kappa shape index (κ3) is 6.83. The molecule has 1 heterocycles. The summed E-state index contributed by atoms with van der Waals surface area (Å²) in [7, 11) is 3.11. The fourth-order valence-corrected chi connectivity index (χ4v) is 4.62. The van der Waals surface area contributed by atoms with Gasteiger partial charge in [-0.15, -0.1) is 0 Å². The van der Waals surface area contributed by atoms with Gasteiger partial charge in [-0.2, -0.15) is 0 Å². The van der Waals surface area contributed by atoms with Crippen LogP contribution in [0.5, 0.6) is 11.5 Å². The molecular formula is C25H26N2O6S2. The summed E-state index contributed by atoms with van der Waals surface area (Å²) in [6, 6.07) is 11.9. The van der Waals surface area contributed by atoms with Crippen molar-refractivity contribution in [1.29, 1.82) is 0 Å². The lowest BCUT2D eigenvalue weighted by atomic mass is 10.2. The maximum Gasteiger partial charge on any atom is 0.338 e. The van der Waals surface area contributed by atoms with Crippen LogP contribution in [-0.4, -0.2) is 54.4 Å². The first kappa shape index (κ1) is 26.2. The summed E-state index contributed by atoms with van der Waals surface area (Å²) in [6.07, 6.45) is 2.42. The van der Waals surface area contributed by atoms with E-state index in [4.69, 9.17) is 26.4 Å². The highest BCUT2D eigenvalue weighted by atomic mass is 32.2. The van der Waals surface area contributed by atoms with Crippen molar-refractivity contribution in [2.45, 2.75) is 19.8 Å². The Morgan fingerprint density at radius 1 is 1.09 bits per heavy atom. The number of thiocarbonyl (C=S) groups is 1. The maximum atomic E-state index is 12.9. The van der Waals surface area contributed by atoms with Crippen LogP contribution in [0.25, 0.3) is 6.08 Å². The smallest absolute Gasteiger partial charge is 0.338 e. The Kier molecular flexibility index (Phi) is 9.27. The first-order valence-corrected chi connectivity index (χ1v) is 12.1. The minimum Gasteiger partial charge on any atom is -0.493 e. The van der Waals surface area contributed by atoms with Gasteiger partial charge < -0.3 is 19.5 Å². The average molecular weight is 515 g/mol. The second-order valence-electron chi connectivity index (χ2n) is 7.40. The fraction of sp³-hybridized carbons (Fsp3) is 0.280. The molecule has 0 saturated carbocycles. The van der Waals surface area contributed by atoms with Gasteiger partial charge in [0.2, 0.25) is 5.91 Å². The molecule has 35 heavy (non-hydrogen) atoms. The average Bonchev–Trinajstić information content (AvgIpc) is 3.11. The molecule has 2 aromatic rings. The predicted molar refractivity (Wildman–Crippen MR) is 140 cm³/mol. The van der Waals surface area contributed by atoms with Crippen molar-refractivity contribution in [2.24, 2.45) is 0 Å². The van der Waals surface area contributed by atoms with E-state index in [1.54, 1.807) is 63.6 Å². The Labute approximate surface area is 213 Å². The molecule has 0 unspecified atom stereocenters. The van der Waals surface area contributed by atoms with Crippen LogP contribution in [0.3, 0.4) is 0 Å².